The number of hydrogen-bond donors (Lipinski definition) is 2. The topological polar surface area (TPSA) is 44.4 Å². The second-order valence-electron chi connectivity index (χ2n) is 6.08. The number of nitrogens with one attached hydrogen (secondary N) is 2. The van der Waals surface area contributed by atoms with Crippen LogP contribution in [0.25, 0.3) is 6.08 Å². The fraction of sp³-hybridized carbons (Fsp3) is 0.250. The largest absolute Gasteiger partial charge is 0.372 e. The van der Waals surface area contributed by atoms with Crippen LogP contribution in [0.2, 0.25) is 0 Å². The fourth-order valence-electron chi connectivity index (χ4n) is 2.90. The van der Waals surface area contributed by atoms with Crippen LogP contribution in [0.1, 0.15) is 24.8 Å². The van der Waals surface area contributed by atoms with Crippen molar-refractivity contribution in [2.45, 2.75) is 19.3 Å². The number of carbonyl (C=O) groups excluding carboxylic acids is 1. The molecule has 25 heavy (non-hydrogen) atoms. The molecule has 4 nitrogen and oxygen atoms in total. The van der Waals surface area contributed by atoms with E-state index in [1.54, 1.807) is 6.20 Å². The average Bonchev–Trinajstić information content (AvgIpc) is 2.63. The van der Waals surface area contributed by atoms with Gasteiger partial charge in [0.15, 0.2) is 0 Å². The van der Waals surface area contributed by atoms with E-state index in [1.165, 1.54) is 24.9 Å². The summed E-state index contributed by atoms with van der Waals surface area (Å²) < 4.78 is 1.01. The first kappa shape index (κ1) is 17.5. The second-order valence-corrected chi connectivity index (χ2v) is 7.00. The number of urea groups is 1. The van der Waals surface area contributed by atoms with E-state index in [2.05, 4.69) is 43.6 Å². The highest BCUT2D eigenvalue weighted by Gasteiger charge is 2.10. The quantitative estimate of drug-likeness (QED) is 0.738. The summed E-state index contributed by atoms with van der Waals surface area (Å²) in [6.07, 6.45) is 7.33. The van der Waals surface area contributed by atoms with E-state index in [1.807, 2.05) is 42.5 Å². The Hall–Kier alpha value is -2.27. The molecular weight excluding hydrogens is 378 g/mol. The average molecular weight is 400 g/mol. The number of benzene rings is 2. The van der Waals surface area contributed by atoms with Gasteiger partial charge in [0, 0.05) is 35.1 Å². The van der Waals surface area contributed by atoms with Gasteiger partial charge < -0.3 is 15.5 Å². The standard InChI is InChI=1S/C20H22BrN3O/c21-17-6-4-5-16(15-17)11-12-22-20(25)23-18-7-9-19(10-8-18)24-13-2-1-3-14-24/h4-12,15H,1-3,13-14H2,(H2,22,23,25)/b12-11+. The minimum Gasteiger partial charge on any atom is -0.372 e. The highest BCUT2D eigenvalue weighted by molar-refractivity contribution is 9.10. The molecule has 0 atom stereocenters. The Morgan fingerprint density at radius 3 is 2.52 bits per heavy atom. The molecule has 1 heterocycles. The van der Waals surface area contributed by atoms with Gasteiger partial charge in [-0.15, -0.1) is 0 Å². The number of rotatable bonds is 4. The highest BCUT2D eigenvalue weighted by Crippen LogP contribution is 2.21. The van der Waals surface area contributed by atoms with E-state index < -0.39 is 0 Å². The molecule has 0 spiro atoms. The van der Waals surface area contributed by atoms with Gasteiger partial charge in [-0.1, -0.05) is 28.1 Å². The SMILES string of the molecule is O=C(N/C=C/c1cccc(Br)c1)Nc1ccc(N2CCCCC2)cc1. The number of nitrogens with zero attached hydrogens (tertiary/aromatic N) is 1. The van der Waals surface area contributed by atoms with Crippen molar-refractivity contribution in [1.29, 1.82) is 0 Å². The molecule has 1 aliphatic rings. The first-order chi connectivity index (χ1) is 12.2. The molecule has 2 aromatic rings. The predicted octanol–water partition coefficient (Wildman–Crippen LogP) is 5.23. The monoisotopic (exact) mass is 399 g/mol. The molecule has 0 saturated carbocycles. The molecule has 130 valence electrons. The fourth-order valence-corrected chi connectivity index (χ4v) is 3.32. The molecule has 2 aromatic carbocycles. The highest BCUT2D eigenvalue weighted by atomic mass is 79.9. The van der Waals surface area contributed by atoms with Crippen molar-refractivity contribution >= 4 is 39.4 Å². The Morgan fingerprint density at radius 1 is 1.04 bits per heavy atom. The van der Waals surface area contributed by atoms with E-state index >= 15 is 0 Å². The third kappa shape index (κ3) is 5.36. The summed E-state index contributed by atoms with van der Waals surface area (Å²) in [5.74, 6) is 0. The molecule has 0 aliphatic carbocycles. The van der Waals surface area contributed by atoms with Gasteiger partial charge in [0.2, 0.25) is 0 Å². The van der Waals surface area contributed by atoms with Crippen molar-refractivity contribution in [2.24, 2.45) is 0 Å². The van der Waals surface area contributed by atoms with Crippen LogP contribution in [0, 0.1) is 0 Å². The summed E-state index contributed by atoms with van der Waals surface area (Å²) in [5, 5.41) is 5.56. The van der Waals surface area contributed by atoms with Crippen LogP contribution in [-0.2, 0) is 0 Å². The lowest BCUT2D eigenvalue weighted by molar-refractivity contribution is 0.255. The van der Waals surface area contributed by atoms with E-state index in [4.69, 9.17) is 0 Å². The minimum absolute atomic E-state index is 0.253. The maximum absolute atomic E-state index is 12.0. The molecule has 2 amide bonds. The maximum Gasteiger partial charge on any atom is 0.323 e. The second kappa shape index (κ2) is 8.72. The van der Waals surface area contributed by atoms with Crippen molar-refractivity contribution in [3.05, 3.63) is 64.8 Å². The van der Waals surface area contributed by atoms with Crippen LogP contribution in [0.5, 0.6) is 0 Å². The zero-order chi connectivity index (χ0) is 17.5. The van der Waals surface area contributed by atoms with Crippen LogP contribution in [-0.4, -0.2) is 19.1 Å². The summed E-state index contributed by atoms with van der Waals surface area (Å²) in [6.45, 7) is 2.24. The summed E-state index contributed by atoms with van der Waals surface area (Å²) >= 11 is 3.42. The Balaban J connectivity index is 1.50. The van der Waals surface area contributed by atoms with Crippen LogP contribution >= 0.6 is 15.9 Å². The number of amides is 2. The van der Waals surface area contributed by atoms with Gasteiger partial charge in [0.1, 0.15) is 0 Å². The van der Waals surface area contributed by atoms with Crippen molar-refractivity contribution in [1.82, 2.24) is 5.32 Å². The van der Waals surface area contributed by atoms with Gasteiger partial charge in [0.05, 0.1) is 0 Å². The molecule has 1 fully saturated rings. The molecule has 1 aliphatic heterocycles. The van der Waals surface area contributed by atoms with Crippen LogP contribution in [0.3, 0.4) is 0 Å². The maximum atomic E-state index is 12.0. The van der Waals surface area contributed by atoms with E-state index in [9.17, 15) is 4.79 Å². The normalized spacial score (nSPS) is 14.5. The summed E-state index contributed by atoms with van der Waals surface area (Å²) in [7, 11) is 0. The molecule has 1 saturated heterocycles. The summed E-state index contributed by atoms with van der Waals surface area (Å²) in [5.41, 5.74) is 3.02. The van der Waals surface area contributed by atoms with Crippen LogP contribution < -0.4 is 15.5 Å². The van der Waals surface area contributed by atoms with Crippen molar-refractivity contribution in [3.8, 4) is 0 Å². The Labute approximate surface area is 157 Å². The first-order valence-corrected chi connectivity index (χ1v) is 9.35. The van der Waals surface area contributed by atoms with Gasteiger partial charge in [-0.25, -0.2) is 4.79 Å². The van der Waals surface area contributed by atoms with Gasteiger partial charge in [-0.2, -0.15) is 0 Å². The lowest BCUT2D eigenvalue weighted by Gasteiger charge is -2.28. The number of piperidine rings is 1. The zero-order valence-corrected chi connectivity index (χ0v) is 15.6. The summed E-state index contributed by atoms with van der Waals surface area (Å²) in [6, 6.07) is 15.6. The predicted molar refractivity (Wildman–Crippen MR) is 108 cm³/mol. The number of anilines is 2. The molecule has 0 bridgehead atoms. The third-order valence-electron chi connectivity index (χ3n) is 4.19. The van der Waals surface area contributed by atoms with E-state index in [0.717, 1.165) is 28.8 Å². The zero-order valence-electron chi connectivity index (χ0n) is 14.0. The van der Waals surface area contributed by atoms with Crippen LogP contribution in [0.4, 0.5) is 16.2 Å². The molecule has 2 N–H and O–H groups in total. The lowest BCUT2D eigenvalue weighted by Crippen LogP contribution is -2.29. The smallest absolute Gasteiger partial charge is 0.323 e. The Morgan fingerprint density at radius 2 is 1.80 bits per heavy atom. The Bertz CT molecular complexity index is 737. The van der Waals surface area contributed by atoms with Crippen molar-refractivity contribution in [3.63, 3.8) is 0 Å². The van der Waals surface area contributed by atoms with Gasteiger partial charge in [0.25, 0.3) is 0 Å². The van der Waals surface area contributed by atoms with Gasteiger partial charge in [-0.05, 0) is 67.3 Å². The molecule has 0 unspecified atom stereocenters. The summed E-state index contributed by atoms with van der Waals surface area (Å²) in [4.78, 5) is 14.4. The Kier molecular flexibility index (Phi) is 6.12. The minimum atomic E-state index is -0.253. The van der Waals surface area contributed by atoms with E-state index in [0.29, 0.717) is 0 Å². The molecule has 0 aromatic heterocycles. The molecular formula is C20H22BrN3O. The number of carbonyl (C=O) groups is 1. The van der Waals surface area contributed by atoms with Crippen molar-refractivity contribution in [2.75, 3.05) is 23.3 Å². The first-order valence-electron chi connectivity index (χ1n) is 8.55. The van der Waals surface area contributed by atoms with Crippen LogP contribution in [0.15, 0.2) is 59.2 Å². The van der Waals surface area contributed by atoms with Gasteiger partial charge >= 0.3 is 6.03 Å². The lowest BCUT2D eigenvalue weighted by atomic mass is 10.1. The molecule has 0 radical (unpaired) electrons. The van der Waals surface area contributed by atoms with Crippen molar-refractivity contribution < 1.29 is 4.79 Å². The van der Waals surface area contributed by atoms with E-state index in [-0.39, 0.29) is 6.03 Å². The van der Waals surface area contributed by atoms with Gasteiger partial charge in [-0.3, -0.25) is 0 Å². The molecule has 5 heteroatoms. The number of halogens is 1. The number of hydrogen-bond acceptors (Lipinski definition) is 2. The molecule has 3 rings (SSSR count). The third-order valence-corrected chi connectivity index (χ3v) is 4.68.